The number of aliphatic hydroxyl groups excluding tert-OH is 1. The molecule has 0 saturated carbocycles. The van der Waals surface area contributed by atoms with Gasteiger partial charge in [0.25, 0.3) is 0 Å². The number of benzene rings is 2. The van der Waals surface area contributed by atoms with E-state index in [0.29, 0.717) is 11.1 Å². The van der Waals surface area contributed by atoms with E-state index in [9.17, 15) is 23.6 Å². The Hall–Kier alpha value is -2.93. The maximum Gasteiger partial charge on any atom is 0.247 e. The van der Waals surface area contributed by atoms with Crippen LogP contribution in [-0.4, -0.2) is 67.5 Å². The van der Waals surface area contributed by atoms with Gasteiger partial charge in [0.1, 0.15) is 16.7 Å². The van der Waals surface area contributed by atoms with Crippen molar-refractivity contribution < 1.29 is 23.1 Å². The van der Waals surface area contributed by atoms with Crippen LogP contribution in [0.25, 0.3) is 11.1 Å². The van der Waals surface area contributed by atoms with Gasteiger partial charge in [0.05, 0.1) is 24.8 Å². The summed E-state index contributed by atoms with van der Waals surface area (Å²) in [6.45, 7) is 5.10. The van der Waals surface area contributed by atoms with Gasteiger partial charge < -0.3 is 14.7 Å². The Morgan fingerprint density at radius 1 is 1.30 bits per heavy atom. The highest BCUT2D eigenvalue weighted by molar-refractivity contribution is 7.89. The molecule has 1 N–H and O–H groups in total. The first-order chi connectivity index (χ1) is 15.6. The van der Waals surface area contributed by atoms with Gasteiger partial charge in [0.15, 0.2) is 0 Å². The van der Waals surface area contributed by atoms with Crippen molar-refractivity contribution in [2.45, 2.75) is 37.8 Å². The highest BCUT2D eigenvalue weighted by atomic mass is 32.2. The van der Waals surface area contributed by atoms with Crippen LogP contribution in [0, 0.1) is 17.2 Å². The smallest absolute Gasteiger partial charge is 0.247 e. The van der Waals surface area contributed by atoms with Gasteiger partial charge in [0, 0.05) is 32.5 Å². The third kappa shape index (κ3) is 5.19. The molecule has 0 unspecified atom stereocenters. The number of ether oxygens (including phenoxy) is 1. The average molecular weight is 472 g/mol. The maximum atomic E-state index is 13.5. The molecule has 9 heteroatoms. The Balaban J connectivity index is 2.15. The minimum Gasteiger partial charge on any atom is -0.487 e. The predicted molar refractivity (Wildman–Crippen MR) is 124 cm³/mol. The number of sulfonamides is 1. The lowest BCUT2D eigenvalue weighted by Crippen LogP contribution is -2.50. The van der Waals surface area contributed by atoms with E-state index >= 15 is 0 Å². The number of nitrogens with zero attached hydrogens (tertiary/aromatic N) is 3. The van der Waals surface area contributed by atoms with Crippen molar-refractivity contribution in [1.82, 2.24) is 9.21 Å². The third-order valence-corrected chi connectivity index (χ3v) is 8.00. The zero-order valence-electron chi connectivity index (χ0n) is 19.2. The van der Waals surface area contributed by atoms with Crippen LogP contribution in [-0.2, 0) is 14.8 Å². The van der Waals surface area contributed by atoms with E-state index in [2.05, 4.69) is 6.07 Å². The molecule has 0 aromatic heterocycles. The van der Waals surface area contributed by atoms with Gasteiger partial charge in [-0.25, -0.2) is 8.42 Å². The number of likely N-dealkylation sites (N-methyl/N-ethyl adjacent to an activating group) is 1. The first-order valence-corrected chi connectivity index (χ1v) is 12.2. The van der Waals surface area contributed by atoms with Gasteiger partial charge in [-0.1, -0.05) is 25.1 Å². The molecule has 3 atom stereocenters. The topological polar surface area (TPSA) is 111 Å². The molecule has 0 bridgehead atoms. The van der Waals surface area contributed by atoms with E-state index < -0.39 is 22.2 Å². The summed E-state index contributed by atoms with van der Waals surface area (Å²) in [5.41, 5.74) is 1.95. The lowest BCUT2D eigenvalue weighted by molar-refractivity contribution is -0.129. The summed E-state index contributed by atoms with van der Waals surface area (Å²) in [5, 5.41) is 18.9. The quantitative estimate of drug-likeness (QED) is 0.717. The normalized spacial score (nSPS) is 21.0. The monoisotopic (exact) mass is 471 g/mol. The van der Waals surface area contributed by atoms with Crippen molar-refractivity contribution in [3.8, 4) is 22.9 Å². The Kier molecular flexibility index (Phi) is 7.42. The molecule has 1 heterocycles. The van der Waals surface area contributed by atoms with E-state index in [1.54, 1.807) is 44.3 Å². The second-order valence-electron chi connectivity index (χ2n) is 8.49. The summed E-state index contributed by atoms with van der Waals surface area (Å²) in [6, 6.07) is 13.3. The second kappa shape index (κ2) is 9.91. The number of amides is 1. The Morgan fingerprint density at radius 3 is 2.64 bits per heavy atom. The van der Waals surface area contributed by atoms with E-state index in [4.69, 9.17) is 4.74 Å². The lowest BCUT2D eigenvalue weighted by Gasteiger charge is -2.37. The molecule has 2 aromatic carbocycles. The average Bonchev–Trinajstić information content (AvgIpc) is 2.80. The Bertz CT molecular complexity index is 1170. The molecule has 176 valence electrons. The van der Waals surface area contributed by atoms with Crippen molar-refractivity contribution in [2.75, 3.05) is 26.7 Å². The van der Waals surface area contributed by atoms with Crippen LogP contribution < -0.4 is 4.74 Å². The summed E-state index contributed by atoms with van der Waals surface area (Å²) in [5.74, 6) is -0.198. The molecule has 8 nitrogen and oxygen atoms in total. The standard InChI is InChI=1S/C24H29N3O5S/c1-16-13-27(17(2)15-28)33(30,31)24-9-8-21(20-7-5-6-19(10-20)12-25)11-22(24)32-23(16)14-26(4)18(3)29/h5-11,16-17,23,28H,13-15H2,1-4H3/t16-,17+,23-/m1/s1. The number of rotatable bonds is 5. The fraction of sp³-hybridized carbons (Fsp3) is 0.417. The number of aliphatic hydroxyl groups is 1. The van der Waals surface area contributed by atoms with E-state index in [-0.39, 0.29) is 42.2 Å². The fourth-order valence-corrected chi connectivity index (χ4v) is 5.62. The van der Waals surface area contributed by atoms with Crippen molar-refractivity contribution in [2.24, 2.45) is 5.92 Å². The van der Waals surface area contributed by atoms with Gasteiger partial charge in [-0.15, -0.1) is 0 Å². The molecular formula is C24H29N3O5S. The minimum absolute atomic E-state index is 0.00497. The molecule has 1 aliphatic rings. The van der Waals surface area contributed by atoms with Gasteiger partial charge in [-0.3, -0.25) is 4.79 Å². The van der Waals surface area contributed by atoms with Crippen LogP contribution in [0.5, 0.6) is 5.75 Å². The van der Waals surface area contributed by atoms with Gasteiger partial charge in [-0.05, 0) is 42.3 Å². The van der Waals surface area contributed by atoms with Crippen molar-refractivity contribution in [1.29, 1.82) is 5.26 Å². The second-order valence-corrected chi connectivity index (χ2v) is 10.4. The first kappa shape index (κ1) is 24.7. The highest BCUT2D eigenvalue weighted by Gasteiger charge is 2.38. The number of hydrogen-bond donors (Lipinski definition) is 1. The first-order valence-electron chi connectivity index (χ1n) is 10.7. The summed E-state index contributed by atoms with van der Waals surface area (Å²) in [4.78, 5) is 13.4. The van der Waals surface area contributed by atoms with Crippen molar-refractivity contribution in [3.63, 3.8) is 0 Å². The van der Waals surface area contributed by atoms with Crippen LogP contribution >= 0.6 is 0 Å². The summed E-state index contributed by atoms with van der Waals surface area (Å²) >= 11 is 0. The minimum atomic E-state index is -3.95. The Morgan fingerprint density at radius 2 is 2.00 bits per heavy atom. The zero-order chi connectivity index (χ0) is 24.3. The lowest BCUT2D eigenvalue weighted by atomic mass is 10.0. The van der Waals surface area contributed by atoms with Crippen molar-refractivity contribution >= 4 is 15.9 Å². The summed E-state index contributed by atoms with van der Waals surface area (Å²) < 4.78 is 34.6. The SMILES string of the molecule is CC(=O)N(C)C[C@H]1Oc2cc(-c3cccc(C#N)c3)ccc2S(=O)(=O)N([C@@H](C)CO)C[C@H]1C. The van der Waals surface area contributed by atoms with Gasteiger partial charge >= 0.3 is 0 Å². The van der Waals surface area contributed by atoms with Crippen LogP contribution in [0.4, 0.5) is 0 Å². The molecule has 0 radical (unpaired) electrons. The number of carbonyl (C=O) groups excluding carboxylic acids is 1. The summed E-state index contributed by atoms with van der Waals surface area (Å²) in [7, 11) is -2.28. The van der Waals surface area contributed by atoms with E-state index in [1.165, 1.54) is 22.2 Å². The fourth-order valence-electron chi connectivity index (χ4n) is 3.79. The van der Waals surface area contributed by atoms with E-state index in [0.717, 1.165) is 5.56 Å². The molecule has 0 saturated heterocycles. The predicted octanol–water partition coefficient (Wildman–Crippen LogP) is 2.47. The maximum absolute atomic E-state index is 13.5. The number of hydrogen-bond acceptors (Lipinski definition) is 6. The molecule has 33 heavy (non-hydrogen) atoms. The summed E-state index contributed by atoms with van der Waals surface area (Å²) in [6.07, 6.45) is -0.470. The van der Waals surface area contributed by atoms with Crippen LogP contribution in [0.1, 0.15) is 26.3 Å². The molecule has 3 rings (SSSR count). The molecule has 2 aromatic rings. The number of fused-ring (bicyclic) bond motifs is 1. The molecule has 0 spiro atoms. The Labute approximate surface area is 195 Å². The van der Waals surface area contributed by atoms with Crippen molar-refractivity contribution in [3.05, 3.63) is 48.0 Å². The van der Waals surface area contributed by atoms with Crippen LogP contribution in [0.2, 0.25) is 0 Å². The number of nitriles is 1. The zero-order valence-corrected chi connectivity index (χ0v) is 20.0. The molecule has 1 amide bonds. The largest absolute Gasteiger partial charge is 0.487 e. The van der Waals surface area contributed by atoms with Gasteiger partial charge in [-0.2, -0.15) is 9.57 Å². The number of carbonyl (C=O) groups is 1. The molecule has 1 aliphatic heterocycles. The molecular weight excluding hydrogens is 442 g/mol. The molecule has 0 fully saturated rings. The van der Waals surface area contributed by atoms with E-state index in [1.807, 2.05) is 13.0 Å². The van der Waals surface area contributed by atoms with Crippen LogP contribution in [0.15, 0.2) is 47.4 Å². The third-order valence-electron chi connectivity index (χ3n) is 5.98. The van der Waals surface area contributed by atoms with Crippen LogP contribution in [0.3, 0.4) is 0 Å². The highest BCUT2D eigenvalue weighted by Crippen LogP contribution is 2.36. The molecule has 0 aliphatic carbocycles. The van der Waals surface area contributed by atoms with Gasteiger partial charge in [0.2, 0.25) is 15.9 Å².